The van der Waals surface area contributed by atoms with Crippen LogP contribution in [0.1, 0.15) is 30.0 Å². The zero-order valence-corrected chi connectivity index (χ0v) is 11.5. The SMILES string of the molecule is CCc1ccc(CS(=O)(=O)C(CC)C(=O)O)s1. The van der Waals surface area contributed by atoms with Crippen molar-refractivity contribution in [3.05, 3.63) is 21.9 Å². The first-order valence-corrected chi connectivity index (χ1v) is 7.95. The molecule has 1 aromatic rings. The van der Waals surface area contributed by atoms with E-state index in [0.717, 1.165) is 11.3 Å². The molecule has 0 saturated heterocycles. The number of sulfone groups is 1. The van der Waals surface area contributed by atoms with Gasteiger partial charge < -0.3 is 5.11 Å². The standard InChI is InChI=1S/C11H16O4S2/c1-3-8-5-6-9(16-8)7-17(14,15)10(4-2)11(12)13/h5-6,10H,3-4,7H2,1-2H3,(H,12,13). The highest BCUT2D eigenvalue weighted by Crippen LogP contribution is 2.22. The van der Waals surface area contributed by atoms with Gasteiger partial charge in [0, 0.05) is 9.75 Å². The molecular weight excluding hydrogens is 260 g/mol. The Kier molecular flexibility index (Phi) is 4.70. The number of aliphatic carboxylic acids is 1. The molecule has 1 N–H and O–H groups in total. The summed E-state index contributed by atoms with van der Waals surface area (Å²) in [6.45, 7) is 3.57. The van der Waals surface area contributed by atoms with Crippen LogP contribution in [0, 0.1) is 0 Å². The summed E-state index contributed by atoms with van der Waals surface area (Å²) in [5.74, 6) is -1.44. The van der Waals surface area contributed by atoms with Gasteiger partial charge in [0.1, 0.15) is 0 Å². The van der Waals surface area contributed by atoms with Gasteiger partial charge in [0.2, 0.25) is 0 Å². The molecule has 0 bridgehead atoms. The number of carbonyl (C=O) groups is 1. The normalized spacial score (nSPS) is 13.5. The molecule has 0 aromatic carbocycles. The average molecular weight is 276 g/mol. The second-order valence-electron chi connectivity index (χ2n) is 3.76. The molecule has 0 spiro atoms. The maximum Gasteiger partial charge on any atom is 0.321 e. The van der Waals surface area contributed by atoms with Gasteiger partial charge in [-0.1, -0.05) is 13.8 Å². The molecule has 6 heteroatoms. The van der Waals surface area contributed by atoms with Crippen LogP contribution in [0.2, 0.25) is 0 Å². The second-order valence-corrected chi connectivity index (χ2v) is 7.20. The summed E-state index contributed by atoms with van der Waals surface area (Å²) in [7, 11) is -3.61. The van der Waals surface area contributed by atoms with Gasteiger partial charge in [0.25, 0.3) is 0 Å². The predicted octanol–water partition coefficient (Wildman–Crippen LogP) is 2.09. The highest BCUT2D eigenvalue weighted by atomic mass is 32.2. The molecule has 17 heavy (non-hydrogen) atoms. The predicted molar refractivity (Wildman–Crippen MR) is 68.0 cm³/mol. The molecule has 4 nitrogen and oxygen atoms in total. The number of carboxylic acid groups (broad SMARTS) is 1. The fraction of sp³-hybridized carbons (Fsp3) is 0.545. The zero-order chi connectivity index (χ0) is 13.1. The van der Waals surface area contributed by atoms with Crippen molar-refractivity contribution < 1.29 is 18.3 Å². The molecule has 1 atom stereocenters. The van der Waals surface area contributed by atoms with E-state index in [1.54, 1.807) is 13.0 Å². The van der Waals surface area contributed by atoms with Crippen molar-refractivity contribution in [2.45, 2.75) is 37.7 Å². The number of thiophene rings is 1. The van der Waals surface area contributed by atoms with E-state index in [2.05, 4.69) is 0 Å². The van der Waals surface area contributed by atoms with E-state index in [4.69, 9.17) is 5.11 Å². The fourth-order valence-corrected chi connectivity index (χ4v) is 4.56. The maximum atomic E-state index is 11.9. The van der Waals surface area contributed by atoms with Gasteiger partial charge in [0.15, 0.2) is 15.1 Å². The quantitative estimate of drug-likeness (QED) is 0.863. The van der Waals surface area contributed by atoms with E-state index < -0.39 is 21.1 Å². The first kappa shape index (κ1) is 14.2. The Bertz CT molecular complexity index is 487. The Morgan fingerprint density at radius 2 is 1.94 bits per heavy atom. The van der Waals surface area contributed by atoms with Crippen molar-refractivity contribution in [1.82, 2.24) is 0 Å². The molecule has 1 heterocycles. The van der Waals surface area contributed by atoms with Crippen molar-refractivity contribution in [1.29, 1.82) is 0 Å². The van der Waals surface area contributed by atoms with Gasteiger partial charge in [-0.2, -0.15) is 0 Å². The van der Waals surface area contributed by atoms with Crippen LogP contribution in [0.5, 0.6) is 0 Å². The van der Waals surface area contributed by atoms with Crippen LogP contribution in [-0.4, -0.2) is 24.7 Å². The van der Waals surface area contributed by atoms with Gasteiger partial charge in [-0.05, 0) is 25.0 Å². The number of aryl methyl sites for hydroxylation is 1. The molecular formula is C11H16O4S2. The third kappa shape index (κ3) is 3.54. The summed E-state index contributed by atoms with van der Waals surface area (Å²) in [5.41, 5.74) is 0. The summed E-state index contributed by atoms with van der Waals surface area (Å²) >= 11 is 1.43. The van der Waals surface area contributed by atoms with Crippen molar-refractivity contribution in [2.75, 3.05) is 0 Å². The molecule has 0 radical (unpaired) electrons. The molecule has 0 saturated carbocycles. The van der Waals surface area contributed by atoms with Crippen molar-refractivity contribution >= 4 is 27.1 Å². The second kappa shape index (κ2) is 5.64. The maximum absolute atomic E-state index is 11.9. The Hall–Kier alpha value is -0.880. The minimum Gasteiger partial charge on any atom is -0.480 e. The van der Waals surface area contributed by atoms with E-state index in [9.17, 15) is 13.2 Å². The first-order valence-electron chi connectivity index (χ1n) is 5.42. The van der Waals surface area contributed by atoms with Gasteiger partial charge in [0.05, 0.1) is 5.75 Å². The minimum absolute atomic E-state index is 0.101. The topological polar surface area (TPSA) is 71.4 Å². The van der Waals surface area contributed by atoms with Crippen LogP contribution < -0.4 is 0 Å². The average Bonchev–Trinajstić information content (AvgIpc) is 2.64. The first-order chi connectivity index (χ1) is 7.90. The van der Waals surface area contributed by atoms with Crippen molar-refractivity contribution in [2.24, 2.45) is 0 Å². The molecule has 0 aliphatic rings. The van der Waals surface area contributed by atoms with Gasteiger partial charge in [-0.25, -0.2) is 8.42 Å². The van der Waals surface area contributed by atoms with E-state index in [0.29, 0.717) is 4.88 Å². The Morgan fingerprint density at radius 3 is 2.35 bits per heavy atom. The Morgan fingerprint density at radius 1 is 1.35 bits per heavy atom. The molecule has 0 aliphatic heterocycles. The van der Waals surface area contributed by atoms with Crippen LogP contribution in [-0.2, 0) is 26.8 Å². The highest BCUT2D eigenvalue weighted by molar-refractivity contribution is 7.92. The largest absolute Gasteiger partial charge is 0.480 e. The van der Waals surface area contributed by atoms with Crippen molar-refractivity contribution in [3.63, 3.8) is 0 Å². The molecule has 0 fully saturated rings. The summed E-state index contributed by atoms with van der Waals surface area (Å²) in [6, 6.07) is 3.65. The molecule has 1 unspecified atom stereocenters. The van der Waals surface area contributed by atoms with Crippen LogP contribution in [0.15, 0.2) is 12.1 Å². The fourth-order valence-electron chi connectivity index (χ4n) is 1.57. The zero-order valence-electron chi connectivity index (χ0n) is 9.84. The Labute approximate surface area is 105 Å². The number of hydrogen-bond donors (Lipinski definition) is 1. The molecule has 1 aromatic heterocycles. The summed E-state index contributed by atoms with van der Waals surface area (Å²) < 4.78 is 23.8. The molecule has 96 valence electrons. The van der Waals surface area contributed by atoms with Gasteiger partial charge in [-0.3, -0.25) is 4.79 Å². The van der Waals surface area contributed by atoms with E-state index in [1.807, 2.05) is 13.0 Å². The lowest BCUT2D eigenvalue weighted by Crippen LogP contribution is -2.30. The van der Waals surface area contributed by atoms with Crippen LogP contribution in [0.25, 0.3) is 0 Å². The van der Waals surface area contributed by atoms with Gasteiger partial charge in [-0.15, -0.1) is 11.3 Å². The molecule has 0 aliphatic carbocycles. The summed E-state index contributed by atoms with van der Waals surface area (Å²) in [5, 5.41) is 7.57. The smallest absolute Gasteiger partial charge is 0.321 e. The lowest BCUT2D eigenvalue weighted by molar-refractivity contribution is -0.136. The third-order valence-electron chi connectivity index (χ3n) is 2.49. The minimum atomic E-state index is -3.61. The number of carboxylic acids is 1. The van der Waals surface area contributed by atoms with E-state index >= 15 is 0 Å². The summed E-state index contributed by atoms with van der Waals surface area (Å²) in [6.07, 6.45) is 0.963. The molecule has 0 amide bonds. The van der Waals surface area contributed by atoms with Crippen LogP contribution in [0.4, 0.5) is 0 Å². The highest BCUT2D eigenvalue weighted by Gasteiger charge is 2.31. The molecule has 1 rings (SSSR count). The number of hydrogen-bond acceptors (Lipinski definition) is 4. The van der Waals surface area contributed by atoms with E-state index in [-0.39, 0.29) is 12.2 Å². The Balaban J connectivity index is 2.89. The number of rotatable bonds is 6. The lowest BCUT2D eigenvalue weighted by atomic mass is 10.3. The third-order valence-corrected chi connectivity index (χ3v) is 6.02. The van der Waals surface area contributed by atoms with Crippen LogP contribution in [0.3, 0.4) is 0 Å². The van der Waals surface area contributed by atoms with Crippen LogP contribution >= 0.6 is 11.3 Å². The monoisotopic (exact) mass is 276 g/mol. The van der Waals surface area contributed by atoms with E-state index in [1.165, 1.54) is 11.3 Å². The summed E-state index contributed by atoms with van der Waals surface area (Å²) in [4.78, 5) is 12.7. The van der Waals surface area contributed by atoms with Gasteiger partial charge >= 0.3 is 5.97 Å². The van der Waals surface area contributed by atoms with Crippen molar-refractivity contribution in [3.8, 4) is 0 Å². The lowest BCUT2D eigenvalue weighted by Gasteiger charge is -2.10.